The summed E-state index contributed by atoms with van der Waals surface area (Å²) in [6.45, 7) is 0. The van der Waals surface area contributed by atoms with Crippen LogP contribution in [0.2, 0.25) is 5.02 Å². The van der Waals surface area contributed by atoms with E-state index < -0.39 is 4.92 Å². The van der Waals surface area contributed by atoms with Crippen molar-refractivity contribution in [3.8, 4) is 5.75 Å². The first-order valence-corrected chi connectivity index (χ1v) is 8.45. The van der Waals surface area contributed by atoms with Crippen LogP contribution in [0.1, 0.15) is 10.9 Å². The first-order chi connectivity index (χ1) is 11.5. The van der Waals surface area contributed by atoms with Crippen molar-refractivity contribution in [3.63, 3.8) is 0 Å². The summed E-state index contributed by atoms with van der Waals surface area (Å²) >= 11 is 7.48. The van der Waals surface area contributed by atoms with Crippen molar-refractivity contribution in [2.45, 2.75) is 5.37 Å². The summed E-state index contributed by atoms with van der Waals surface area (Å²) in [4.78, 5) is 24.6. The van der Waals surface area contributed by atoms with Crippen LogP contribution in [0, 0.1) is 10.1 Å². The molecule has 3 rings (SSSR count). The molecule has 1 amide bonds. The summed E-state index contributed by atoms with van der Waals surface area (Å²) in [5.41, 5.74) is 1.23. The summed E-state index contributed by atoms with van der Waals surface area (Å²) in [5, 5.41) is 11.1. The van der Waals surface area contributed by atoms with Gasteiger partial charge in [-0.25, -0.2) is 0 Å². The number of ether oxygens (including phenoxy) is 1. The van der Waals surface area contributed by atoms with Gasteiger partial charge in [-0.2, -0.15) is 0 Å². The lowest BCUT2D eigenvalue weighted by molar-refractivity contribution is -0.384. The maximum atomic E-state index is 12.4. The number of hydrogen-bond acceptors (Lipinski definition) is 5. The van der Waals surface area contributed by atoms with E-state index in [9.17, 15) is 14.9 Å². The van der Waals surface area contributed by atoms with E-state index in [-0.39, 0.29) is 22.7 Å². The zero-order chi connectivity index (χ0) is 17.3. The van der Waals surface area contributed by atoms with Crippen LogP contribution < -0.4 is 9.64 Å². The number of anilines is 1. The minimum absolute atomic E-state index is 0.00884. The maximum absolute atomic E-state index is 12.4. The van der Waals surface area contributed by atoms with E-state index in [1.807, 2.05) is 0 Å². The Morgan fingerprint density at radius 2 is 2.12 bits per heavy atom. The van der Waals surface area contributed by atoms with Crippen LogP contribution in [-0.2, 0) is 4.79 Å². The van der Waals surface area contributed by atoms with Gasteiger partial charge in [0.25, 0.3) is 5.69 Å². The zero-order valence-electron chi connectivity index (χ0n) is 12.6. The van der Waals surface area contributed by atoms with Crippen LogP contribution in [0.15, 0.2) is 42.5 Å². The minimum atomic E-state index is -0.449. The fourth-order valence-corrected chi connectivity index (χ4v) is 3.90. The highest BCUT2D eigenvalue weighted by molar-refractivity contribution is 8.00. The lowest BCUT2D eigenvalue weighted by Gasteiger charge is -2.26. The van der Waals surface area contributed by atoms with Crippen LogP contribution in [0.5, 0.6) is 5.75 Å². The van der Waals surface area contributed by atoms with E-state index in [0.717, 1.165) is 0 Å². The fourth-order valence-electron chi connectivity index (χ4n) is 2.57. The van der Waals surface area contributed by atoms with Crippen molar-refractivity contribution in [1.29, 1.82) is 0 Å². The molecule has 6 nitrogen and oxygen atoms in total. The number of rotatable bonds is 4. The van der Waals surface area contributed by atoms with Crippen molar-refractivity contribution < 1.29 is 14.5 Å². The van der Waals surface area contributed by atoms with Crippen LogP contribution in [0.25, 0.3) is 0 Å². The predicted octanol–water partition coefficient (Wildman–Crippen LogP) is 4.04. The van der Waals surface area contributed by atoms with Gasteiger partial charge in [0.2, 0.25) is 5.91 Å². The number of nitrogens with zero attached hydrogens (tertiary/aromatic N) is 2. The van der Waals surface area contributed by atoms with Gasteiger partial charge in [-0.1, -0.05) is 23.7 Å². The molecule has 0 radical (unpaired) electrons. The number of methoxy groups -OCH3 is 1. The molecule has 0 bridgehead atoms. The summed E-state index contributed by atoms with van der Waals surface area (Å²) in [7, 11) is 1.52. The third kappa shape index (κ3) is 3.05. The highest BCUT2D eigenvalue weighted by Crippen LogP contribution is 2.45. The molecule has 1 unspecified atom stereocenters. The quantitative estimate of drug-likeness (QED) is 0.604. The van der Waals surface area contributed by atoms with Gasteiger partial charge >= 0.3 is 0 Å². The summed E-state index contributed by atoms with van der Waals surface area (Å²) in [6.07, 6.45) is 0. The maximum Gasteiger partial charge on any atom is 0.269 e. The number of non-ortho nitro benzene ring substituents is 1. The molecular formula is C16H13ClN2O4S. The van der Waals surface area contributed by atoms with Crippen molar-refractivity contribution in [1.82, 2.24) is 0 Å². The Morgan fingerprint density at radius 3 is 2.83 bits per heavy atom. The average molecular weight is 365 g/mol. The van der Waals surface area contributed by atoms with Crippen molar-refractivity contribution in [2.75, 3.05) is 17.8 Å². The van der Waals surface area contributed by atoms with Crippen molar-refractivity contribution in [2.24, 2.45) is 0 Å². The largest absolute Gasteiger partial charge is 0.495 e. The van der Waals surface area contributed by atoms with Gasteiger partial charge < -0.3 is 4.74 Å². The zero-order valence-corrected chi connectivity index (χ0v) is 14.2. The lowest BCUT2D eigenvalue weighted by atomic mass is 10.1. The number of thioether (sulfide) groups is 1. The number of amides is 1. The van der Waals surface area contributed by atoms with Crippen molar-refractivity contribution >= 4 is 40.6 Å². The molecule has 8 heteroatoms. The van der Waals surface area contributed by atoms with Gasteiger partial charge in [-0.05, 0) is 23.8 Å². The van der Waals surface area contributed by atoms with Crippen LogP contribution in [-0.4, -0.2) is 23.7 Å². The standard InChI is InChI=1S/C16H13ClN2O4S/c1-23-14-6-5-11(17)8-13(14)18-15(20)9-24-16(18)10-3-2-4-12(7-10)19(21)22/h2-8,16H,9H2,1H3. The Hall–Kier alpha value is -2.25. The molecule has 1 aliphatic rings. The average Bonchev–Trinajstić information content (AvgIpc) is 2.96. The molecule has 0 aromatic heterocycles. The molecule has 24 heavy (non-hydrogen) atoms. The Kier molecular flexibility index (Phi) is 4.64. The molecule has 1 heterocycles. The number of carbonyl (C=O) groups excluding carboxylic acids is 1. The molecule has 0 N–H and O–H groups in total. The first kappa shape index (κ1) is 16.6. The van der Waals surface area contributed by atoms with Gasteiger partial charge in [0.1, 0.15) is 11.1 Å². The second kappa shape index (κ2) is 6.70. The number of carbonyl (C=O) groups is 1. The first-order valence-electron chi connectivity index (χ1n) is 7.03. The fraction of sp³-hybridized carbons (Fsp3) is 0.188. The van der Waals surface area contributed by atoms with Gasteiger partial charge in [0.15, 0.2) is 0 Å². The molecule has 0 saturated carbocycles. The number of nitro groups is 1. The number of nitro benzene ring substituents is 1. The highest BCUT2D eigenvalue weighted by atomic mass is 35.5. The number of halogens is 1. The second-order valence-corrected chi connectivity index (χ2v) is 6.60. The molecule has 1 fully saturated rings. The Balaban J connectivity index is 2.06. The Bertz CT molecular complexity index is 814. The van der Waals surface area contributed by atoms with E-state index in [0.29, 0.717) is 22.0 Å². The van der Waals surface area contributed by atoms with E-state index in [4.69, 9.17) is 16.3 Å². The molecule has 0 aliphatic carbocycles. The second-order valence-electron chi connectivity index (χ2n) is 5.10. The predicted molar refractivity (Wildman–Crippen MR) is 93.8 cm³/mol. The van der Waals surface area contributed by atoms with E-state index in [1.54, 1.807) is 35.2 Å². The van der Waals surface area contributed by atoms with E-state index in [2.05, 4.69) is 0 Å². The van der Waals surface area contributed by atoms with Crippen LogP contribution in [0.4, 0.5) is 11.4 Å². The van der Waals surface area contributed by atoms with Crippen LogP contribution in [0.3, 0.4) is 0 Å². The van der Waals surface area contributed by atoms with Gasteiger partial charge in [0, 0.05) is 17.2 Å². The van der Waals surface area contributed by atoms with Gasteiger partial charge in [-0.3, -0.25) is 19.8 Å². The molecular weight excluding hydrogens is 352 g/mol. The molecule has 124 valence electrons. The van der Waals surface area contributed by atoms with Crippen LogP contribution >= 0.6 is 23.4 Å². The lowest BCUT2D eigenvalue weighted by Crippen LogP contribution is -2.28. The van der Waals surface area contributed by atoms with Gasteiger partial charge in [-0.15, -0.1) is 11.8 Å². The molecule has 1 aliphatic heterocycles. The normalized spacial score (nSPS) is 17.2. The number of hydrogen-bond donors (Lipinski definition) is 0. The molecule has 2 aromatic carbocycles. The SMILES string of the molecule is COc1ccc(Cl)cc1N1C(=O)CSC1c1cccc([N+](=O)[O-])c1. The summed E-state index contributed by atoms with van der Waals surface area (Å²) in [6, 6.07) is 11.3. The smallest absolute Gasteiger partial charge is 0.269 e. The molecule has 1 saturated heterocycles. The molecule has 1 atom stereocenters. The monoisotopic (exact) mass is 364 g/mol. The van der Waals surface area contributed by atoms with Crippen molar-refractivity contribution in [3.05, 3.63) is 63.2 Å². The molecule has 2 aromatic rings. The molecule has 0 spiro atoms. The summed E-state index contributed by atoms with van der Waals surface area (Å²) < 4.78 is 5.34. The third-order valence-electron chi connectivity index (χ3n) is 3.63. The van der Waals surface area contributed by atoms with E-state index in [1.165, 1.54) is 31.0 Å². The Morgan fingerprint density at radius 1 is 1.33 bits per heavy atom. The van der Waals surface area contributed by atoms with Gasteiger partial charge in [0.05, 0.1) is 23.5 Å². The topological polar surface area (TPSA) is 72.7 Å². The van der Waals surface area contributed by atoms with E-state index >= 15 is 0 Å². The number of benzene rings is 2. The third-order valence-corrected chi connectivity index (χ3v) is 5.08. The minimum Gasteiger partial charge on any atom is -0.495 e. The highest BCUT2D eigenvalue weighted by Gasteiger charge is 2.36. The Labute approximate surface area is 147 Å². The summed E-state index contributed by atoms with van der Waals surface area (Å²) in [5.74, 6) is 0.700.